The van der Waals surface area contributed by atoms with Crippen LogP contribution in [0, 0.1) is 23.7 Å². The number of rotatable bonds is 5. The largest absolute Gasteiger partial charge is 0.388 e. The summed E-state index contributed by atoms with van der Waals surface area (Å²) in [6.45, 7) is 2.32. The van der Waals surface area contributed by atoms with Gasteiger partial charge in [-0.2, -0.15) is 14.6 Å². The highest BCUT2D eigenvalue weighted by molar-refractivity contribution is 7.89. The fourth-order valence-corrected chi connectivity index (χ4v) is 6.93. The van der Waals surface area contributed by atoms with Gasteiger partial charge in [0.25, 0.3) is 5.56 Å². The Balaban J connectivity index is 1.37. The number of pyridine rings is 1. The van der Waals surface area contributed by atoms with Crippen molar-refractivity contribution in [3.8, 4) is 18.4 Å². The number of aliphatic hydroxyl groups is 1. The lowest BCUT2D eigenvalue weighted by Crippen LogP contribution is -2.42. The minimum Gasteiger partial charge on any atom is -0.388 e. The lowest BCUT2D eigenvalue weighted by atomic mass is 9.99. The molecule has 1 aliphatic carbocycles. The molecule has 2 atom stereocenters. The molecule has 3 heterocycles. The molecule has 38 heavy (non-hydrogen) atoms. The summed E-state index contributed by atoms with van der Waals surface area (Å²) in [6.07, 6.45) is 10.2. The van der Waals surface area contributed by atoms with E-state index in [1.807, 2.05) is 6.07 Å². The quantitative estimate of drug-likeness (QED) is 0.477. The number of hydrogen-bond acceptors (Lipinski definition) is 8. The maximum absolute atomic E-state index is 13.2. The van der Waals surface area contributed by atoms with Crippen molar-refractivity contribution >= 4 is 27.0 Å². The minimum absolute atomic E-state index is 0.0796. The van der Waals surface area contributed by atoms with Crippen molar-refractivity contribution in [1.82, 2.24) is 18.8 Å². The van der Waals surface area contributed by atoms with Gasteiger partial charge >= 0.3 is 0 Å². The summed E-state index contributed by atoms with van der Waals surface area (Å²) in [5.41, 5.74) is -0.540. The molecule has 2 fully saturated rings. The van der Waals surface area contributed by atoms with Gasteiger partial charge in [-0.3, -0.25) is 9.36 Å². The molecule has 196 valence electrons. The molecule has 0 radical (unpaired) electrons. The first kappa shape index (κ1) is 25.9. The molecule has 0 bridgehead atoms. The number of anilines is 1. The van der Waals surface area contributed by atoms with Gasteiger partial charge < -0.3 is 10.4 Å². The molecule has 1 aromatic carbocycles. The molecule has 5 rings (SSSR count). The summed E-state index contributed by atoms with van der Waals surface area (Å²) in [7, 11) is -3.71. The number of benzene rings is 1. The second-order valence-corrected chi connectivity index (χ2v) is 12.0. The second-order valence-electron chi connectivity index (χ2n) is 10.1. The van der Waals surface area contributed by atoms with Crippen molar-refractivity contribution in [2.45, 2.75) is 61.6 Å². The molecule has 1 saturated carbocycles. The first-order valence-corrected chi connectivity index (χ1v) is 14.0. The van der Waals surface area contributed by atoms with E-state index in [-0.39, 0.29) is 22.1 Å². The Morgan fingerprint density at radius 2 is 2.00 bits per heavy atom. The third-order valence-corrected chi connectivity index (χ3v) is 9.40. The lowest BCUT2D eigenvalue weighted by Gasteiger charge is -2.32. The van der Waals surface area contributed by atoms with Crippen LogP contribution in [0.25, 0.3) is 11.0 Å². The zero-order valence-electron chi connectivity index (χ0n) is 21.0. The number of piperidine rings is 1. The van der Waals surface area contributed by atoms with Crippen molar-refractivity contribution < 1.29 is 13.5 Å². The van der Waals surface area contributed by atoms with Gasteiger partial charge in [-0.05, 0) is 63.3 Å². The lowest BCUT2D eigenvalue weighted by molar-refractivity contribution is 0.0266. The number of terminal acetylenes is 1. The highest BCUT2D eigenvalue weighted by Crippen LogP contribution is 2.39. The van der Waals surface area contributed by atoms with Crippen LogP contribution < -0.4 is 10.9 Å². The Bertz CT molecular complexity index is 1640. The molecule has 10 nitrogen and oxygen atoms in total. The Morgan fingerprint density at radius 3 is 2.66 bits per heavy atom. The van der Waals surface area contributed by atoms with Gasteiger partial charge in [-0.1, -0.05) is 12.0 Å². The van der Waals surface area contributed by atoms with E-state index < -0.39 is 21.7 Å². The van der Waals surface area contributed by atoms with Gasteiger partial charge in [0.05, 0.1) is 33.7 Å². The maximum atomic E-state index is 13.2. The van der Waals surface area contributed by atoms with Gasteiger partial charge in [-0.25, -0.2) is 13.4 Å². The molecule has 2 aliphatic rings. The van der Waals surface area contributed by atoms with Crippen LogP contribution in [0.15, 0.2) is 46.2 Å². The van der Waals surface area contributed by atoms with Crippen LogP contribution in [0.3, 0.4) is 0 Å². The monoisotopic (exact) mass is 532 g/mol. The second kappa shape index (κ2) is 9.84. The number of nitriles is 1. The number of hydrogen-bond donors (Lipinski definition) is 2. The Kier molecular flexibility index (Phi) is 6.70. The Hall–Kier alpha value is -3.77. The summed E-state index contributed by atoms with van der Waals surface area (Å²) in [6, 6.07) is 9.04. The standard InChI is InChI=1S/C27H28N6O4S/c1-3-19-15-20-17-29-26(31-24(20)33(25(19)34)23-8-5-11-27(23,2)35)30-21-9-12-32(13-10-21)38(36,37)22-7-4-6-18(14-22)16-28/h1,4,6-7,14-15,17,21,23,35H,5,8-13H2,2H3,(H,29,30,31)/t23-,27-/m1/s1. The normalized spacial score (nSPS) is 22.7. The van der Waals surface area contributed by atoms with Crippen molar-refractivity contribution in [2.24, 2.45) is 0 Å². The van der Waals surface area contributed by atoms with E-state index in [4.69, 9.17) is 11.7 Å². The SMILES string of the molecule is C#Cc1cc2cnc(NC3CCN(S(=O)(=O)c4cccc(C#N)c4)CC3)nc2n([C@@H]2CCC[C@@]2(C)O)c1=O. The summed E-state index contributed by atoms with van der Waals surface area (Å²) in [5, 5.41) is 23.9. The number of aromatic nitrogens is 3. The van der Waals surface area contributed by atoms with E-state index in [0.717, 1.165) is 6.42 Å². The van der Waals surface area contributed by atoms with E-state index in [1.165, 1.54) is 21.0 Å². The van der Waals surface area contributed by atoms with Gasteiger partial charge in [0.1, 0.15) is 5.65 Å². The summed E-state index contributed by atoms with van der Waals surface area (Å²) >= 11 is 0. The average molecular weight is 533 g/mol. The van der Waals surface area contributed by atoms with E-state index in [0.29, 0.717) is 61.3 Å². The highest BCUT2D eigenvalue weighted by atomic mass is 32.2. The van der Waals surface area contributed by atoms with Crippen molar-refractivity contribution in [2.75, 3.05) is 18.4 Å². The van der Waals surface area contributed by atoms with E-state index in [2.05, 4.69) is 21.2 Å². The van der Waals surface area contributed by atoms with E-state index in [9.17, 15) is 18.3 Å². The Labute approximate surface area is 221 Å². The number of fused-ring (bicyclic) bond motifs is 1. The van der Waals surface area contributed by atoms with Gasteiger partial charge in [0.15, 0.2) is 0 Å². The average Bonchev–Trinajstić information content (AvgIpc) is 3.27. The first-order chi connectivity index (χ1) is 18.1. The molecular weight excluding hydrogens is 504 g/mol. The Morgan fingerprint density at radius 1 is 1.24 bits per heavy atom. The van der Waals surface area contributed by atoms with Gasteiger partial charge in [0.2, 0.25) is 16.0 Å². The zero-order valence-corrected chi connectivity index (χ0v) is 21.8. The minimum atomic E-state index is -3.71. The molecule has 0 spiro atoms. The fraction of sp³-hybridized carbons (Fsp3) is 0.407. The van der Waals surface area contributed by atoms with E-state index >= 15 is 0 Å². The van der Waals surface area contributed by atoms with E-state index in [1.54, 1.807) is 31.3 Å². The molecule has 3 aromatic rings. The van der Waals surface area contributed by atoms with Gasteiger partial charge in [-0.15, -0.1) is 6.42 Å². The summed E-state index contributed by atoms with van der Waals surface area (Å²) < 4.78 is 29.1. The molecule has 2 aromatic heterocycles. The van der Waals surface area contributed by atoms with Crippen LogP contribution in [-0.2, 0) is 10.0 Å². The van der Waals surface area contributed by atoms with Gasteiger partial charge in [0, 0.05) is 30.7 Å². The third-order valence-electron chi connectivity index (χ3n) is 7.51. The van der Waals surface area contributed by atoms with Crippen LogP contribution in [0.5, 0.6) is 0 Å². The molecular formula is C27H28N6O4S. The summed E-state index contributed by atoms with van der Waals surface area (Å²) in [4.78, 5) is 22.4. The molecule has 11 heteroatoms. The molecule has 0 amide bonds. The zero-order chi connectivity index (χ0) is 27.1. The van der Waals surface area contributed by atoms with Crippen LogP contribution in [0.2, 0.25) is 0 Å². The fourth-order valence-electron chi connectivity index (χ4n) is 5.42. The number of nitrogens with zero attached hydrogens (tertiary/aromatic N) is 5. The first-order valence-electron chi connectivity index (χ1n) is 12.5. The van der Waals surface area contributed by atoms with Crippen LogP contribution in [-0.4, -0.2) is 57.1 Å². The smallest absolute Gasteiger partial charge is 0.268 e. The van der Waals surface area contributed by atoms with Crippen molar-refractivity contribution in [3.05, 3.63) is 58.0 Å². The van der Waals surface area contributed by atoms with Crippen molar-refractivity contribution in [3.63, 3.8) is 0 Å². The predicted octanol–water partition coefficient (Wildman–Crippen LogP) is 2.39. The summed E-state index contributed by atoms with van der Waals surface area (Å²) in [5.74, 6) is 2.76. The number of nitrogens with one attached hydrogen (secondary N) is 1. The molecule has 0 unspecified atom stereocenters. The number of sulfonamides is 1. The van der Waals surface area contributed by atoms with Crippen LogP contribution in [0.1, 0.15) is 56.2 Å². The predicted molar refractivity (Wildman–Crippen MR) is 142 cm³/mol. The third kappa shape index (κ3) is 4.65. The van der Waals surface area contributed by atoms with Crippen molar-refractivity contribution in [1.29, 1.82) is 5.26 Å². The molecule has 1 saturated heterocycles. The molecule has 2 N–H and O–H groups in total. The highest BCUT2D eigenvalue weighted by Gasteiger charge is 2.40. The topological polar surface area (TPSA) is 141 Å². The van der Waals surface area contributed by atoms with Crippen LogP contribution >= 0.6 is 0 Å². The molecule has 1 aliphatic heterocycles. The van der Waals surface area contributed by atoms with Crippen LogP contribution in [0.4, 0.5) is 5.95 Å². The maximum Gasteiger partial charge on any atom is 0.268 e.